The lowest BCUT2D eigenvalue weighted by atomic mass is 10.1. The van der Waals surface area contributed by atoms with Gasteiger partial charge < -0.3 is 10.1 Å². The Morgan fingerprint density at radius 1 is 1.38 bits per heavy atom. The van der Waals surface area contributed by atoms with Crippen LogP contribution < -0.4 is 5.32 Å². The molecule has 1 aromatic carbocycles. The first-order chi connectivity index (χ1) is 7.66. The van der Waals surface area contributed by atoms with Gasteiger partial charge in [-0.05, 0) is 12.1 Å². The van der Waals surface area contributed by atoms with E-state index in [1.54, 1.807) is 31.2 Å². The zero-order valence-corrected chi connectivity index (χ0v) is 8.97. The van der Waals surface area contributed by atoms with Crippen LogP contribution in [0.3, 0.4) is 0 Å². The van der Waals surface area contributed by atoms with Crippen LogP contribution in [-0.4, -0.2) is 18.1 Å². The van der Waals surface area contributed by atoms with Crippen LogP contribution in [0.25, 0.3) is 0 Å². The van der Waals surface area contributed by atoms with Gasteiger partial charge in [0.1, 0.15) is 0 Å². The summed E-state index contributed by atoms with van der Waals surface area (Å²) in [7, 11) is 0. The van der Waals surface area contributed by atoms with Crippen LogP contribution in [0.4, 0.5) is 0 Å². The maximum Gasteiger partial charge on any atom is 0.310 e. The van der Waals surface area contributed by atoms with Gasteiger partial charge in [0.05, 0.1) is 5.92 Å². The molecule has 2 unspecified atom stereocenters. The molecule has 1 aliphatic heterocycles. The largest absolute Gasteiger partial charge is 0.441 e. The molecule has 1 saturated heterocycles. The molecule has 4 heteroatoms. The van der Waals surface area contributed by atoms with Crippen molar-refractivity contribution in [2.45, 2.75) is 19.6 Å². The molecule has 1 N–H and O–H groups in total. The van der Waals surface area contributed by atoms with Gasteiger partial charge in [0.25, 0.3) is 5.91 Å². The SMILES string of the molecule is CC1CC(NC(=O)c2ccccc2)OC1=O. The highest BCUT2D eigenvalue weighted by molar-refractivity contribution is 5.94. The topological polar surface area (TPSA) is 55.4 Å². The molecule has 16 heavy (non-hydrogen) atoms. The number of hydrogen-bond acceptors (Lipinski definition) is 3. The van der Waals surface area contributed by atoms with Gasteiger partial charge >= 0.3 is 5.97 Å². The summed E-state index contributed by atoms with van der Waals surface area (Å²) in [6.45, 7) is 1.79. The van der Waals surface area contributed by atoms with E-state index in [2.05, 4.69) is 5.32 Å². The second-order valence-electron chi connectivity index (χ2n) is 3.90. The van der Waals surface area contributed by atoms with Gasteiger partial charge in [-0.1, -0.05) is 25.1 Å². The van der Waals surface area contributed by atoms with Crippen molar-refractivity contribution in [1.29, 1.82) is 0 Å². The highest BCUT2D eigenvalue weighted by Gasteiger charge is 2.31. The van der Waals surface area contributed by atoms with Crippen LogP contribution in [0.15, 0.2) is 30.3 Å². The van der Waals surface area contributed by atoms with E-state index in [0.29, 0.717) is 12.0 Å². The summed E-state index contributed by atoms with van der Waals surface area (Å²) in [6.07, 6.45) is 0.0485. The van der Waals surface area contributed by atoms with E-state index in [0.717, 1.165) is 0 Å². The van der Waals surface area contributed by atoms with Gasteiger partial charge in [0.2, 0.25) is 0 Å². The fourth-order valence-corrected chi connectivity index (χ4v) is 1.63. The normalized spacial score (nSPS) is 23.9. The minimum absolute atomic E-state index is 0.138. The minimum Gasteiger partial charge on any atom is -0.441 e. The summed E-state index contributed by atoms with van der Waals surface area (Å²) in [5.74, 6) is -0.605. The van der Waals surface area contributed by atoms with Crippen LogP contribution >= 0.6 is 0 Å². The molecule has 2 atom stereocenters. The Bertz CT molecular complexity index is 402. The minimum atomic E-state index is -0.491. The summed E-state index contributed by atoms with van der Waals surface area (Å²) in [5.41, 5.74) is 0.568. The van der Waals surface area contributed by atoms with Crippen LogP contribution in [0.5, 0.6) is 0 Å². The average Bonchev–Trinajstić information content (AvgIpc) is 2.59. The molecule has 0 saturated carbocycles. The molecule has 0 spiro atoms. The van der Waals surface area contributed by atoms with Crippen molar-refractivity contribution in [3.63, 3.8) is 0 Å². The number of carbonyl (C=O) groups excluding carboxylic acids is 2. The molecule has 2 rings (SSSR count). The molecule has 84 valence electrons. The predicted octanol–water partition coefficient (Wildman–Crippen LogP) is 1.33. The lowest BCUT2D eigenvalue weighted by Crippen LogP contribution is -2.34. The molecule has 0 radical (unpaired) electrons. The third-order valence-corrected chi connectivity index (χ3v) is 2.56. The van der Waals surface area contributed by atoms with E-state index in [4.69, 9.17) is 4.74 Å². The standard InChI is InChI=1S/C12H13NO3/c1-8-7-10(16-12(8)15)13-11(14)9-5-3-2-4-6-9/h2-6,8,10H,7H2,1H3,(H,13,14). The summed E-state index contributed by atoms with van der Waals surface area (Å²) in [6, 6.07) is 8.86. The summed E-state index contributed by atoms with van der Waals surface area (Å²) in [5, 5.41) is 2.67. The molecule has 0 aromatic heterocycles. The fraction of sp³-hybridized carbons (Fsp3) is 0.333. The number of rotatable bonds is 2. The predicted molar refractivity (Wildman–Crippen MR) is 57.6 cm³/mol. The smallest absolute Gasteiger partial charge is 0.310 e. The third-order valence-electron chi connectivity index (χ3n) is 2.56. The second-order valence-corrected chi connectivity index (χ2v) is 3.90. The number of benzene rings is 1. The van der Waals surface area contributed by atoms with Gasteiger partial charge in [0, 0.05) is 12.0 Å². The molecule has 0 aliphatic carbocycles. The lowest BCUT2D eigenvalue weighted by Gasteiger charge is -2.11. The van der Waals surface area contributed by atoms with E-state index in [1.807, 2.05) is 6.07 Å². The molecular formula is C12H13NO3. The van der Waals surface area contributed by atoms with Gasteiger partial charge in [-0.3, -0.25) is 9.59 Å². The van der Waals surface area contributed by atoms with Crippen LogP contribution in [-0.2, 0) is 9.53 Å². The molecule has 4 nitrogen and oxygen atoms in total. The highest BCUT2D eigenvalue weighted by Crippen LogP contribution is 2.18. The molecule has 1 aromatic rings. The Hall–Kier alpha value is -1.84. The average molecular weight is 219 g/mol. The maximum absolute atomic E-state index is 11.7. The Balaban J connectivity index is 1.97. The number of hydrogen-bond donors (Lipinski definition) is 1. The van der Waals surface area contributed by atoms with Crippen molar-refractivity contribution < 1.29 is 14.3 Å². The van der Waals surface area contributed by atoms with Crippen LogP contribution in [0.1, 0.15) is 23.7 Å². The number of cyclic esters (lactones) is 1. The van der Waals surface area contributed by atoms with Crippen molar-refractivity contribution >= 4 is 11.9 Å². The van der Waals surface area contributed by atoms with Crippen molar-refractivity contribution in [2.75, 3.05) is 0 Å². The van der Waals surface area contributed by atoms with Crippen molar-refractivity contribution in [1.82, 2.24) is 5.32 Å². The number of amides is 1. The Kier molecular flexibility index (Phi) is 2.90. The number of ether oxygens (including phenoxy) is 1. The maximum atomic E-state index is 11.7. The molecule has 1 aliphatic rings. The number of nitrogens with one attached hydrogen (secondary N) is 1. The zero-order valence-electron chi connectivity index (χ0n) is 8.97. The third kappa shape index (κ3) is 2.21. The van der Waals surface area contributed by atoms with Gasteiger partial charge in [-0.25, -0.2) is 0 Å². The molecule has 0 bridgehead atoms. The first kappa shape index (κ1) is 10.7. The molecule has 1 amide bonds. The van der Waals surface area contributed by atoms with Crippen molar-refractivity contribution in [3.8, 4) is 0 Å². The van der Waals surface area contributed by atoms with E-state index in [1.165, 1.54) is 0 Å². The first-order valence-corrected chi connectivity index (χ1v) is 5.23. The summed E-state index contributed by atoms with van der Waals surface area (Å²) >= 11 is 0. The first-order valence-electron chi connectivity index (χ1n) is 5.23. The van der Waals surface area contributed by atoms with E-state index < -0.39 is 6.23 Å². The monoisotopic (exact) mass is 219 g/mol. The number of carbonyl (C=O) groups is 2. The Morgan fingerprint density at radius 2 is 2.06 bits per heavy atom. The van der Waals surface area contributed by atoms with E-state index in [9.17, 15) is 9.59 Å². The molecular weight excluding hydrogens is 206 g/mol. The van der Waals surface area contributed by atoms with Crippen LogP contribution in [0, 0.1) is 5.92 Å². The summed E-state index contributed by atoms with van der Waals surface area (Å²) in [4.78, 5) is 22.8. The lowest BCUT2D eigenvalue weighted by molar-refractivity contribution is -0.144. The van der Waals surface area contributed by atoms with E-state index >= 15 is 0 Å². The molecule has 1 heterocycles. The quantitative estimate of drug-likeness (QED) is 0.763. The van der Waals surface area contributed by atoms with Crippen LogP contribution in [0.2, 0.25) is 0 Å². The van der Waals surface area contributed by atoms with Gasteiger partial charge in [-0.15, -0.1) is 0 Å². The van der Waals surface area contributed by atoms with Gasteiger partial charge in [0.15, 0.2) is 6.23 Å². The Morgan fingerprint density at radius 3 is 2.62 bits per heavy atom. The fourth-order valence-electron chi connectivity index (χ4n) is 1.63. The van der Waals surface area contributed by atoms with Crippen molar-refractivity contribution in [2.24, 2.45) is 5.92 Å². The Labute approximate surface area is 93.6 Å². The van der Waals surface area contributed by atoms with Gasteiger partial charge in [-0.2, -0.15) is 0 Å². The van der Waals surface area contributed by atoms with Crippen molar-refractivity contribution in [3.05, 3.63) is 35.9 Å². The zero-order chi connectivity index (χ0) is 11.5. The molecule has 1 fully saturated rings. The highest BCUT2D eigenvalue weighted by atomic mass is 16.6. The number of esters is 1. The summed E-state index contributed by atoms with van der Waals surface area (Å²) < 4.78 is 4.99. The second kappa shape index (κ2) is 4.35. The van der Waals surface area contributed by atoms with E-state index in [-0.39, 0.29) is 17.8 Å².